The van der Waals surface area contributed by atoms with Gasteiger partial charge in [0.2, 0.25) is 0 Å². The molecule has 0 radical (unpaired) electrons. The highest BCUT2D eigenvalue weighted by atomic mass is 15.5. The number of tetrazole rings is 1. The molecule has 1 N–H and O–H groups in total. The molecule has 0 spiro atoms. The molecule has 2 aromatic carbocycles. The summed E-state index contributed by atoms with van der Waals surface area (Å²) in [6.45, 7) is 3.20. The largest absolute Gasteiger partial charge is 0.249 e. The fourth-order valence-corrected chi connectivity index (χ4v) is 5.36. The van der Waals surface area contributed by atoms with Gasteiger partial charge in [0.1, 0.15) is 5.82 Å². The third-order valence-electron chi connectivity index (χ3n) is 7.42. The van der Waals surface area contributed by atoms with Crippen LogP contribution in [-0.4, -0.2) is 35.4 Å². The number of nitrogens with one attached hydrogen (secondary N) is 1. The molecule has 1 aliphatic carbocycles. The van der Waals surface area contributed by atoms with Gasteiger partial charge in [0.05, 0.1) is 0 Å². The van der Waals surface area contributed by atoms with Crippen molar-refractivity contribution in [3.63, 3.8) is 0 Å². The molecular formula is C29H37N7. The van der Waals surface area contributed by atoms with Crippen LogP contribution in [0.25, 0.3) is 22.5 Å². The van der Waals surface area contributed by atoms with Crippen molar-refractivity contribution >= 4 is 0 Å². The summed E-state index contributed by atoms with van der Waals surface area (Å²) in [6, 6.07) is 17.0. The lowest BCUT2D eigenvalue weighted by molar-refractivity contribution is 0.337. The molecule has 7 heteroatoms. The number of hydrogen-bond donors (Lipinski definition) is 1. The second-order valence-corrected chi connectivity index (χ2v) is 10.1. The maximum atomic E-state index is 5.02. The molecule has 2 aromatic heterocycles. The molecule has 0 amide bonds. The highest BCUT2D eigenvalue weighted by Crippen LogP contribution is 2.30. The van der Waals surface area contributed by atoms with E-state index < -0.39 is 0 Å². The molecule has 1 fully saturated rings. The Hall–Kier alpha value is -3.35. The highest BCUT2D eigenvalue weighted by molar-refractivity contribution is 5.80. The Morgan fingerprint density at radius 1 is 0.944 bits per heavy atom. The molecule has 4 aromatic rings. The van der Waals surface area contributed by atoms with Crippen LogP contribution in [0.4, 0.5) is 0 Å². The minimum Gasteiger partial charge on any atom is -0.249 e. The summed E-state index contributed by atoms with van der Waals surface area (Å²) in [5, 5.41) is 19.4. The first-order chi connectivity index (χ1) is 17.8. The zero-order chi connectivity index (χ0) is 24.6. The van der Waals surface area contributed by atoms with E-state index in [1.807, 2.05) is 18.2 Å². The third-order valence-corrected chi connectivity index (χ3v) is 7.42. The molecule has 0 unspecified atom stereocenters. The Morgan fingerprint density at radius 3 is 2.50 bits per heavy atom. The van der Waals surface area contributed by atoms with E-state index in [4.69, 9.17) is 10.1 Å². The average molecular weight is 484 g/mol. The number of benzene rings is 2. The van der Waals surface area contributed by atoms with Gasteiger partial charge in [-0.3, -0.25) is 0 Å². The first-order valence-electron chi connectivity index (χ1n) is 13.6. The number of rotatable bonds is 11. The lowest BCUT2D eigenvalue weighted by Crippen LogP contribution is -2.08. The van der Waals surface area contributed by atoms with E-state index in [0.29, 0.717) is 5.82 Å². The van der Waals surface area contributed by atoms with Crippen LogP contribution in [-0.2, 0) is 19.4 Å². The Kier molecular flexibility index (Phi) is 8.16. The van der Waals surface area contributed by atoms with Crippen LogP contribution in [0, 0.1) is 5.92 Å². The van der Waals surface area contributed by atoms with Crippen molar-refractivity contribution in [2.24, 2.45) is 5.92 Å². The van der Waals surface area contributed by atoms with Gasteiger partial charge >= 0.3 is 0 Å². The van der Waals surface area contributed by atoms with Gasteiger partial charge in [0.25, 0.3) is 0 Å². The van der Waals surface area contributed by atoms with Gasteiger partial charge in [0.15, 0.2) is 11.6 Å². The standard InChI is InChI=1S/C29H37N7/c1-2-3-9-20-36-28(30-27(33-36)19-16-22-10-5-4-6-11-22)21-23-14-17-24(18-15-23)25-12-7-8-13-26(25)29-31-34-35-32-29/h7-8,12-15,17-18,22H,2-6,9-11,16,19-21H2,1H3,(H,31,32,34,35). The highest BCUT2D eigenvalue weighted by Gasteiger charge is 2.16. The number of unbranched alkanes of at least 4 members (excludes halogenated alkanes) is 2. The summed E-state index contributed by atoms with van der Waals surface area (Å²) < 4.78 is 2.17. The van der Waals surface area contributed by atoms with Crippen molar-refractivity contribution in [3.05, 3.63) is 65.7 Å². The molecule has 0 aliphatic heterocycles. The maximum Gasteiger partial charge on any atom is 0.180 e. The van der Waals surface area contributed by atoms with Crippen LogP contribution in [0.3, 0.4) is 0 Å². The first-order valence-corrected chi connectivity index (χ1v) is 13.6. The summed E-state index contributed by atoms with van der Waals surface area (Å²) in [7, 11) is 0. The molecular weight excluding hydrogens is 446 g/mol. The van der Waals surface area contributed by atoms with Crippen LogP contribution in [0.15, 0.2) is 48.5 Å². The quantitative estimate of drug-likeness (QED) is 0.249. The van der Waals surface area contributed by atoms with E-state index in [9.17, 15) is 0 Å². The van der Waals surface area contributed by atoms with Crippen molar-refractivity contribution < 1.29 is 0 Å². The number of nitrogens with zero attached hydrogens (tertiary/aromatic N) is 6. The molecule has 0 saturated heterocycles. The van der Waals surface area contributed by atoms with Crippen molar-refractivity contribution in [3.8, 4) is 22.5 Å². The number of aromatic amines is 1. The summed E-state index contributed by atoms with van der Waals surface area (Å²) in [4.78, 5) is 5.02. The molecule has 7 nitrogen and oxygen atoms in total. The predicted octanol–water partition coefficient (Wildman–Crippen LogP) is 6.42. The molecule has 188 valence electrons. The topological polar surface area (TPSA) is 85.2 Å². The summed E-state index contributed by atoms with van der Waals surface area (Å²) in [6.07, 6.45) is 13.6. The summed E-state index contributed by atoms with van der Waals surface area (Å²) >= 11 is 0. The third kappa shape index (κ3) is 6.07. The fourth-order valence-electron chi connectivity index (χ4n) is 5.36. The maximum absolute atomic E-state index is 5.02. The van der Waals surface area contributed by atoms with Gasteiger partial charge in [-0.2, -0.15) is 5.10 Å². The van der Waals surface area contributed by atoms with Crippen molar-refractivity contribution in [2.45, 2.75) is 84.1 Å². The van der Waals surface area contributed by atoms with E-state index >= 15 is 0 Å². The van der Waals surface area contributed by atoms with Gasteiger partial charge < -0.3 is 0 Å². The van der Waals surface area contributed by atoms with Crippen LogP contribution >= 0.6 is 0 Å². The monoisotopic (exact) mass is 483 g/mol. The van der Waals surface area contributed by atoms with Gasteiger partial charge in [-0.05, 0) is 45.9 Å². The molecule has 2 heterocycles. The average Bonchev–Trinajstić information content (AvgIpc) is 3.59. The van der Waals surface area contributed by atoms with E-state index in [-0.39, 0.29) is 0 Å². The molecule has 1 aliphatic rings. The zero-order valence-electron chi connectivity index (χ0n) is 21.4. The van der Waals surface area contributed by atoms with Crippen LogP contribution in [0.2, 0.25) is 0 Å². The predicted molar refractivity (Wildman–Crippen MR) is 142 cm³/mol. The SMILES string of the molecule is CCCCCn1nc(CCC2CCCCC2)nc1Cc1ccc(-c2ccccc2-c2nnn[nH]2)cc1. The Labute approximate surface area is 213 Å². The van der Waals surface area contributed by atoms with Gasteiger partial charge in [-0.15, -0.1) is 5.10 Å². The molecule has 1 saturated carbocycles. The Morgan fingerprint density at radius 2 is 1.75 bits per heavy atom. The number of aromatic nitrogens is 7. The Bertz CT molecular complexity index is 1200. The molecule has 5 rings (SSSR count). The van der Waals surface area contributed by atoms with E-state index in [2.05, 4.69) is 62.6 Å². The second-order valence-electron chi connectivity index (χ2n) is 10.1. The lowest BCUT2D eigenvalue weighted by atomic mass is 9.86. The van der Waals surface area contributed by atoms with Crippen molar-refractivity contribution in [1.82, 2.24) is 35.4 Å². The minimum absolute atomic E-state index is 0.676. The van der Waals surface area contributed by atoms with Crippen molar-refractivity contribution in [1.29, 1.82) is 0 Å². The normalized spacial score (nSPS) is 14.4. The molecule has 0 atom stereocenters. The van der Waals surface area contributed by atoms with Crippen molar-refractivity contribution in [2.75, 3.05) is 0 Å². The van der Waals surface area contributed by atoms with Crippen LogP contribution in [0.5, 0.6) is 0 Å². The smallest absolute Gasteiger partial charge is 0.180 e. The second kappa shape index (κ2) is 12.1. The number of hydrogen-bond acceptors (Lipinski definition) is 5. The number of aryl methyl sites for hydroxylation is 2. The van der Waals surface area contributed by atoms with Gasteiger partial charge in [0, 0.05) is 24.9 Å². The summed E-state index contributed by atoms with van der Waals surface area (Å²) in [5.74, 6) is 3.65. The summed E-state index contributed by atoms with van der Waals surface area (Å²) in [5.41, 5.74) is 4.49. The molecule has 0 bridgehead atoms. The van der Waals surface area contributed by atoms with Gasteiger partial charge in [-0.1, -0.05) is 100 Å². The van der Waals surface area contributed by atoms with Crippen LogP contribution in [0.1, 0.15) is 81.9 Å². The fraction of sp³-hybridized carbons (Fsp3) is 0.483. The van der Waals surface area contributed by atoms with E-state index in [1.54, 1.807) is 0 Å². The van der Waals surface area contributed by atoms with Crippen LogP contribution < -0.4 is 0 Å². The zero-order valence-corrected chi connectivity index (χ0v) is 21.4. The van der Waals surface area contributed by atoms with E-state index in [1.165, 1.54) is 56.9 Å². The lowest BCUT2D eigenvalue weighted by Gasteiger charge is -2.20. The molecule has 36 heavy (non-hydrogen) atoms. The minimum atomic E-state index is 0.676. The Balaban J connectivity index is 1.31. The number of H-pyrrole nitrogens is 1. The van der Waals surface area contributed by atoms with E-state index in [0.717, 1.165) is 60.1 Å². The van der Waals surface area contributed by atoms with Gasteiger partial charge in [-0.25, -0.2) is 14.8 Å². The first kappa shape index (κ1) is 24.3.